The van der Waals surface area contributed by atoms with E-state index in [2.05, 4.69) is 184 Å². The predicted octanol–water partition coefficient (Wildman–Crippen LogP) is 13.6. The topological polar surface area (TPSA) is 0 Å². The van der Waals surface area contributed by atoms with Gasteiger partial charge in [-0.2, -0.15) is 0 Å². The molecule has 0 bridgehead atoms. The Balaban J connectivity index is 1.08. The minimum Gasteiger partial charge on any atom is -0.0619 e. The zero-order valence-corrected chi connectivity index (χ0v) is 27.7. The lowest BCUT2D eigenvalue weighted by Gasteiger charge is -2.21. The molecule has 1 aliphatic carbocycles. The van der Waals surface area contributed by atoms with E-state index in [4.69, 9.17) is 0 Å². The van der Waals surface area contributed by atoms with Gasteiger partial charge in [0.05, 0.1) is 0 Å². The first kappa shape index (κ1) is 28.1. The van der Waals surface area contributed by atoms with Crippen LogP contribution in [-0.2, 0) is 5.41 Å². The van der Waals surface area contributed by atoms with Crippen LogP contribution in [-0.4, -0.2) is 0 Å². The Hall–Kier alpha value is -5.98. The summed E-state index contributed by atoms with van der Waals surface area (Å²) < 4.78 is 0. The first-order valence-corrected chi connectivity index (χ1v) is 17.3. The molecule has 49 heavy (non-hydrogen) atoms. The highest BCUT2D eigenvalue weighted by Crippen LogP contribution is 2.50. The number of hydrogen-bond donors (Lipinski definition) is 0. The Morgan fingerprint density at radius 2 is 0.939 bits per heavy atom. The van der Waals surface area contributed by atoms with E-state index in [1.165, 1.54) is 98.7 Å². The Kier molecular flexibility index (Phi) is 6.02. The van der Waals surface area contributed by atoms with E-state index in [1.54, 1.807) is 0 Å². The highest BCUT2D eigenvalue weighted by molar-refractivity contribution is 6.20. The monoisotopic (exact) mass is 622 g/mol. The molecule has 230 valence electrons. The maximum atomic E-state index is 2.43. The van der Waals surface area contributed by atoms with Crippen molar-refractivity contribution in [3.05, 3.63) is 181 Å². The van der Waals surface area contributed by atoms with Gasteiger partial charge in [0.15, 0.2) is 0 Å². The van der Waals surface area contributed by atoms with Gasteiger partial charge in [0.25, 0.3) is 0 Å². The molecule has 0 saturated carbocycles. The highest BCUT2D eigenvalue weighted by Gasteiger charge is 2.35. The average molecular weight is 623 g/mol. The van der Waals surface area contributed by atoms with Crippen molar-refractivity contribution in [1.29, 1.82) is 0 Å². The molecule has 0 unspecified atom stereocenters. The van der Waals surface area contributed by atoms with Gasteiger partial charge in [-0.15, -0.1) is 0 Å². The standard InChI is InChI=1S/C49H34/c1-49(2)46-20-8-7-19-42(46)45-28-36-22-21-35(27-39(36)30-47(45)49)33-14-9-13-32(25-33)34-15-10-16-38(26-34)48-41-18-6-4-12-37(41)29-44-40-17-5-3-11-31(40)23-24-43(44)48/h3-30H,1-2H3. The maximum Gasteiger partial charge on any atom is 0.0159 e. The van der Waals surface area contributed by atoms with E-state index in [0.717, 1.165) is 0 Å². The van der Waals surface area contributed by atoms with E-state index in [9.17, 15) is 0 Å². The molecule has 0 N–H and O–H groups in total. The summed E-state index contributed by atoms with van der Waals surface area (Å²) in [5.41, 5.74) is 13.0. The average Bonchev–Trinajstić information content (AvgIpc) is 3.38. The Morgan fingerprint density at radius 1 is 0.306 bits per heavy atom. The van der Waals surface area contributed by atoms with Crippen molar-refractivity contribution in [3.63, 3.8) is 0 Å². The SMILES string of the molecule is CC1(C)c2ccccc2-c2cc3ccc(-c4cccc(-c5cccc(-c6c7ccccc7cc7c6ccc6ccccc67)c5)c4)cc3cc21. The van der Waals surface area contributed by atoms with Gasteiger partial charge in [0.1, 0.15) is 0 Å². The highest BCUT2D eigenvalue weighted by atomic mass is 14.4. The molecule has 9 aromatic rings. The molecule has 0 aromatic heterocycles. The second-order valence-corrected chi connectivity index (χ2v) is 14.1. The van der Waals surface area contributed by atoms with Crippen LogP contribution >= 0.6 is 0 Å². The third kappa shape index (κ3) is 4.31. The van der Waals surface area contributed by atoms with Crippen LogP contribution in [0.5, 0.6) is 0 Å². The largest absolute Gasteiger partial charge is 0.0619 e. The summed E-state index contributed by atoms with van der Waals surface area (Å²) in [5.74, 6) is 0. The van der Waals surface area contributed by atoms with E-state index in [1.807, 2.05) is 0 Å². The van der Waals surface area contributed by atoms with Crippen molar-refractivity contribution >= 4 is 43.1 Å². The summed E-state index contributed by atoms with van der Waals surface area (Å²) in [6, 6.07) is 63.2. The Morgan fingerprint density at radius 3 is 1.76 bits per heavy atom. The van der Waals surface area contributed by atoms with Gasteiger partial charge in [-0.3, -0.25) is 0 Å². The molecule has 9 aromatic carbocycles. The van der Waals surface area contributed by atoms with Gasteiger partial charge >= 0.3 is 0 Å². The molecule has 0 heterocycles. The summed E-state index contributed by atoms with van der Waals surface area (Å²) in [4.78, 5) is 0. The lowest BCUT2D eigenvalue weighted by atomic mass is 9.82. The molecule has 10 rings (SSSR count). The van der Waals surface area contributed by atoms with Crippen LogP contribution in [0.4, 0.5) is 0 Å². The zero-order valence-electron chi connectivity index (χ0n) is 27.7. The molecule has 0 amide bonds. The van der Waals surface area contributed by atoms with Gasteiger partial charge in [-0.1, -0.05) is 147 Å². The van der Waals surface area contributed by atoms with Crippen molar-refractivity contribution in [2.75, 3.05) is 0 Å². The summed E-state index contributed by atoms with van der Waals surface area (Å²) in [6.07, 6.45) is 0. The summed E-state index contributed by atoms with van der Waals surface area (Å²) >= 11 is 0. The molecule has 0 radical (unpaired) electrons. The van der Waals surface area contributed by atoms with Crippen LogP contribution in [0.25, 0.3) is 87.6 Å². The molecular weight excluding hydrogens is 589 g/mol. The van der Waals surface area contributed by atoms with E-state index < -0.39 is 0 Å². The van der Waals surface area contributed by atoms with Gasteiger partial charge in [-0.25, -0.2) is 0 Å². The maximum absolute atomic E-state index is 2.43. The molecule has 0 heteroatoms. The molecule has 0 atom stereocenters. The first-order chi connectivity index (χ1) is 24.0. The molecule has 0 saturated heterocycles. The van der Waals surface area contributed by atoms with Crippen LogP contribution in [0.15, 0.2) is 170 Å². The Bertz CT molecular complexity index is 2800. The molecule has 0 nitrogen and oxygen atoms in total. The third-order valence-electron chi connectivity index (χ3n) is 11.0. The fraction of sp³-hybridized carbons (Fsp3) is 0.0612. The Labute approximate surface area is 286 Å². The first-order valence-electron chi connectivity index (χ1n) is 17.3. The fourth-order valence-electron chi connectivity index (χ4n) is 8.49. The van der Waals surface area contributed by atoms with Gasteiger partial charge in [0, 0.05) is 5.41 Å². The van der Waals surface area contributed by atoms with Gasteiger partial charge < -0.3 is 0 Å². The number of benzene rings is 9. The van der Waals surface area contributed by atoms with E-state index >= 15 is 0 Å². The summed E-state index contributed by atoms with van der Waals surface area (Å²) in [7, 11) is 0. The molecule has 0 fully saturated rings. The van der Waals surface area contributed by atoms with Crippen LogP contribution in [0.1, 0.15) is 25.0 Å². The smallest absolute Gasteiger partial charge is 0.0159 e. The van der Waals surface area contributed by atoms with Gasteiger partial charge in [-0.05, 0) is 135 Å². The van der Waals surface area contributed by atoms with Crippen molar-refractivity contribution < 1.29 is 0 Å². The van der Waals surface area contributed by atoms with Crippen LogP contribution in [0.2, 0.25) is 0 Å². The van der Waals surface area contributed by atoms with Crippen molar-refractivity contribution in [2.24, 2.45) is 0 Å². The van der Waals surface area contributed by atoms with Crippen molar-refractivity contribution in [2.45, 2.75) is 19.3 Å². The van der Waals surface area contributed by atoms with E-state index in [0.29, 0.717) is 0 Å². The minimum absolute atomic E-state index is 0.0104. The lowest BCUT2D eigenvalue weighted by molar-refractivity contribution is 0.661. The quantitative estimate of drug-likeness (QED) is 0.136. The number of hydrogen-bond acceptors (Lipinski definition) is 0. The predicted molar refractivity (Wildman–Crippen MR) is 210 cm³/mol. The summed E-state index contributed by atoms with van der Waals surface area (Å²) in [6.45, 7) is 4.71. The van der Waals surface area contributed by atoms with E-state index in [-0.39, 0.29) is 5.41 Å². The van der Waals surface area contributed by atoms with Crippen molar-refractivity contribution in [3.8, 4) is 44.5 Å². The van der Waals surface area contributed by atoms with Crippen LogP contribution in [0.3, 0.4) is 0 Å². The second-order valence-electron chi connectivity index (χ2n) is 14.1. The van der Waals surface area contributed by atoms with Crippen LogP contribution in [0, 0.1) is 0 Å². The zero-order chi connectivity index (χ0) is 32.7. The molecule has 1 aliphatic rings. The normalized spacial score (nSPS) is 13.3. The van der Waals surface area contributed by atoms with Crippen molar-refractivity contribution in [1.82, 2.24) is 0 Å². The molecular formula is C49H34. The van der Waals surface area contributed by atoms with Crippen LogP contribution < -0.4 is 0 Å². The van der Waals surface area contributed by atoms with Gasteiger partial charge in [0.2, 0.25) is 0 Å². The summed E-state index contributed by atoms with van der Waals surface area (Å²) in [5, 5.41) is 10.3. The second kappa shape index (κ2) is 10.5. The lowest BCUT2D eigenvalue weighted by Crippen LogP contribution is -2.14. The number of rotatable bonds is 3. The third-order valence-corrected chi connectivity index (χ3v) is 11.0. The molecule has 0 aliphatic heterocycles. The number of fused-ring (bicyclic) bond motifs is 8. The molecule has 0 spiro atoms. The fourth-order valence-corrected chi connectivity index (χ4v) is 8.49. The minimum atomic E-state index is -0.0104.